The topological polar surface area (TPSA) is 121 Å². The van der Waals surface area contributed by atoms with Gasteiger partial charge in [-0.05, 0) is 92.9 Å². The Balaban J connectivity index is 0.00000616. The number of halogens is 2. The van der Waals surface area contributed by atoms with Gasteiger partial charge in [-0.2, -0.15) is 0 Å². The summed E-state index contributed by atoms with van der Waals surface area (Å²) in [5, 5.41) is 14.6. The molecule has 6 N–H and O–H groups in total. The Morgan fingerprint density at radius 3 is 2.19 bits per heavy atom. The fourth-order valence-electron chi connectivity index (χ4n) is 4.27. The second kappa shape index (κ2) is 18.9. The third-order valence-corrected chi connectivity index (χ3v) is 6.52. The molecule has 2 amide bonds. The van der Waals surface area contributed by atoms with Crippen molar-refractivity contribution in [3.05, 3.63) is 71.5 Å². The van der Waals surface area contributed by atoms with Crippen molar-refractivity contribution >= 4 is 46.6 Å². The molecule has 3 aromatic carbocycles. The smallest absolute Gasteiger partial charge is 0.411 e. The quantitative estimate of drug-likeness (QED) is 0.138. The van der Waals surface area contributed by atoms with Gasteiger partial charge in [-0.15, -0.1) is 12.4 Å². The van der Waals surface area contributed by atoms with E-state index in [0.717, 1.165) is 74.3 Å². The predicted octanol–water partition coefficient (Wildman–Crippen LogP) is 4.96. The standard InChI is InChI=1S/C31H43FN6O3.ClH/c1-38(2)30(39)26-20-27(32)29(36-18-8-17-35-15-6-5-14-34-16-7-13-33)21-28(26)37-31(40)41-22-23-11-12-24-9-3-4-10-25(24)19-23;/h3-4,9-12,19-21,34-36H,5-8,13-18,22,33H2,1-2H3,(H,37,40);1H. The van der Waals surface area contributed by atoms with E-state index in [0.29, 0.717) is 13.1 Å². The Hall–Kier alpha value is -3.44. The van der Waals surface area contributed by atoms with Crippen molar-refractivity contribution in [2.75, 3.05) is 64.0 Å². The summed E-state index contributed by atoms with van der Waals surface area (Å²) >= 11 is 0. The van der Waals surface area contributed by atoms with Gasteiger partial charge >= 0.3 is 6.09 Å². The summed E-state index contributed by atoms with van der Waals surface area (Å²) in [7, 11) is 3.14. The van der Waals surface area contributed by atoms with Gasteiger partial charge in [0, 0.05) is 20.6 Å². The highest BCUT2D eigenvalue weighted by atomic mass is 35.5. The van der Waals surface area contributed by atoms with Crippen LogP contribution in [-0.4, -0.2) is 70.3 Å². The SMILES string of the molecule is CN(C)C(=O)c1cc(F)c(NCCCNCCCCNCCCN)cc1NC(=O)OCc1ccc2ccccc2c1.Cl. The van der Waals surface area contributed by atoms with Crippen molar-refractivity contribution in [1.29, 1.82) is 0 Å². The average molecular weight is 603 g/mol. The van der Waals surface area contributed by atoms with Crippen molar-refractivity contribution in [1.82, 2.24) is 15.5 Å². The van der Waals surface area contributed by atoms with Crippen LogP contribution in [0.4, 0.5) is 20.6 Å². The molecule has 0 saturated carbocycles. The van der Waals surface area contributed by atoms with E-state index in [1.165, 1.54) is 11.0 Å². The molecule has 0 aliphatic carbocycles. The second-order valence-electron chi connectivity index (χ2n) is 10.1. The van der Waals surface area contributed by atoms with Gasteiger partial charge in [0.25, 0.3) is 5.91 Å². The van der Waals surface area contributed by atoms with Gasteiger partial charge in [0.1, 0.15) is 12.4 Å². The number of ether oxygens (including phenoxy) is 1. The van der Waals surface area contributed by atoms with Gasteiger partial charge in [0.2, 0.25) is 0 Å². The number of unbranched alkanes of at least 4 members (excludes halogenated alkanes) is 1. The lowest BCUT2D eigenvalue weighted by atomic mass is 10.1. The first-order chi connectivity index (χ1) is 19.9. The normalized spacial score (nSPS) is 10.7. The molecular formula is C31H44ClFN6O3. The molecule has 9 nitrogen and oxygen atoms in total. The van der Waals surface area contributed by atoms with E-state index in [1.807, 2.05) is 42.5 Å². The zero-order chi connectivity index (χ0) is 29.5. The summed E-state index contributed by atoms with van der Waals surface area (Å²) in [5.74, 6) is -1.00. The lowest BCUT2D eigenvalue weighted by Gasteiger charge is -2.17. The predicted molar refractivity (Wildman–Crippen MR) is 171 cm³/mol. The molecule has 0 aliphatic heterocycles. The molecule has 0 aromatic heterocycles. The minimum atomic E-state index is -0.734. The number of nitrogens with one attached hydrogen (secondary N) is 4. The van der Waals surface area contributed by atoms with E-state index in [9.17, 15) is 14.0 Å². The fourth-order valence-corrected chi connectivity index (χ4v) is 4.27. The van der Waals surface area contributed by atoms with Gasteiger partial charge in [-0.3, -0.25) is 10.1 Å². The minimum absolute atomic E-state index is 0. The first-order valence-corrected chi connectivity index (χ1v) is 14.2. The van der Waals surface area contributed by atoms with Crippen molar-refractivity contribution in [3.8, 4) is 0 Å². The zero-order valence-electron chi connectivity index (χ0n) is 24.5. The fraction of sp³-hybridized carbons (Fsp3) is 0.419. The maximum atomic E-state index is 14.9. The molecule has 0 spiro atoms. The van der Waals surface area contributed by atoms with Crippen LogP contribution in [0.15, 0.2) is 54.6 Å². The van der Waals surface area contributed by atoms with E-state index >= 15 is 0 Å². The van der Waals surface area contributed by atoms with E-state index < -0.39 is 17.8 Å². The molecule has 0 unspecified atom stereocenters. The number of amides is 2. The van der Waals surface area contributed by atoms with Crippen LogP contribution in [-0.2, 0) is 11.3 Å². The molecule has 230 valence electrons. The third-order valence-electron chi connectivity index (χ3n) is 6.52. The summed E-state index contributed by atoms with van der Waals surface area (Å²) in [6.45, 7) is 4.95. The maximum absolute atomic E-state index is 14.9. The Kier molecular flexibility index (Phi) is 15.6. The van der Waals surface area contributed by atoms with E-state index in [1.54, 1.807) is 14.1 Å². The van der Waals surface area contributed by atoms with Crippen molar-refractivity contribution < 1.29 is 18.7 Å². The van der Waals surface area contributed by atoms with Crippen molar-refractivity contribution in [3.63, 3.8) is 0 Å². The summed E-state index contributed by atoms with van der Waals surface area (Å²) in [4.78, 5) is 26.7. The molecule has 0 radical (unpaired) electrons. The lowest BCUT2D eigenvalue weighted by Crippen LogP contribution is -2.25. The molecular weight excluding hydrogens is 559 g/mol. The average Bonchev–Trinajstić information content (AvgIpc) is 2.97. The molecule has 0 saturated heterocycles. The first-order valence-electron chi connectivity index (χ1n) is 14.2. The molecule has 0 fully saturated rings. The Labute approximate surface area is 254 Å². The van der Waals surface area contributed by atoms with Gasteiger partial charge in [-0.1, -0.05) is 36.4 Å². The van der Waals surface area contributed by atoms with Crippen LogP contribution in [0.3, 0.4) is 0 Å². The maximum Gasteiger partial charge on any atom is 0.411 e. The number of nitrogens with two attached hydrogens (primary N) is 1. The van der Waals surface area contributed by atoms with Crippen LogP contribution in [0, 0.1) is 5.82 Å². The molecule has 11 heteroatoms. The lowest BCUT2D eigenvalue weighted by molar-refractivity contribution is 0.0828. The number of carbonyl (C=O) groups is 2. The van der Waals surface area contributed by atoms with Crippen LogP contribution in [0.2, 0.25) is 0 Å². The van der Waals surface area contributed by atoms with Crippen LogP contribution in [0.25, 0.3) is 10.8 Å². The number of carbonyl (C=O) groups excluding carboxylic acids is 2. The Bertz CT molecular complexity index is 1280. The van der Waals surface area contributed by atoms with Crippen LogP contribution < -0.4 is 27.0 Å². The summed E-state index contributed by atoms with van der Waals surface area (Å²) in [6.07, 6.45) is 3.21. The molecule has 0 bridgehead atoms. The molecule has 42 heavy (non-hydrogen) atoms. The number of rotatable bonds is 17. The summed E-state index contributed by atoms with van der Waals surface area (Å²) in [6, 6.07) is 16.3. The highest BCUT2D eigenvalue weighted by molar-refractivity contribution is 6.03. The molecule has 3 aromatic rings. The van der Waals surface area contributed by atoms with Crippen LogP contribution >= 0.6 is 12.4 Å². The van der Waals surface area contributed by atoms with Gasteiger partial charge < -0.3 is 31.3 Å². The minimum Gasteiger partial charge on any atom is -0.444 e. The number of fused-ring (bicyclic) bond motifs is 1. The Morgan fingerprint density at radius 1 is 0.833 bits per heavy atom. The zero-order valence-corrected chi connectivity index (χ0v) is 25.3. The van der Waals surface area contributed by atoms with E-state index in [4.69, 9.17) is 10.5 Å². The van der Waals surface area contributed by atoms with Crippen molar-refractivity contribution in [2.24, 2.45) is 5.73 Å². The Morgan fingerprint density at radius 2 is 1.50 bits per heavy atom. The van der Waals surface area contributed by atoms with Crippen LogP contribution in [0.1, 0.15) is 41.6 Å². The summed E-state index contributed by atoms with van der Waals surface area (Å²) in [5.41, 5.74) is 6.73. The van der Waals surface area contributed by atoms with E-state index in [-0.39, 0.29) is 36.0 Å². The highest BCUT2D eigenvalue weighted by Crippen LogP contribution is 2.26. The summed E-state index contributed by atoms with van der Waals surface area (Å²) < 4.78 is 20.3. The number of nitrogens with zero attached hydrogens (tertiary/aromatic N) is 1. The third kappa shape index (κ3) is 11.4. The highest BCUT2D eigenvalue weighted by Gasteiger charge is 2.19. The monoisotopic (exact) mass is 602 g/mol. The molecule has 0 aliphatic rings. The molecule has 0 atom stereocenters. The number of benzene rings is 3. The first kappa shape index (κ1) is 34.8. The molecule has 0 heterocycles. The largest absolute Gasteiger partial charge is 0.444 e. The second-order valence-corrected chi connectivity index (χ2v) is 10.1. The molecule has 3 rings (SSSR count). The van der Waals surface area contributed by atoms with Gasteiger partial charge in [-0.25, -0.2) is 9.18 Å². The number of hydrogen-bond donors (Lipinski definition) is 5. The van der Waals surface area contributed by atoms with Gasteiger partial charge in [0.15, 0.2) is 0 Å². The number of anilines is 2. The van der Waals surface area contributed by atoms with Crippen LogP contribution in [0.5, 0.6) is 0 Å². The van der Waals surface area contributed by atoms with E-state index in [2.05, 4.69) is 21.3 Å². The number of hydrogen-bond acceptors (Lipinski definition) is 7. The van der Waals surface area contributed by atoms with Gasteiger partial charge in [0.05, 0.1) is 16.9 Å². The van der Waals surface area contributed by atoms with Crippen molar-refractivity contribution in [2.45, 2.75) is 32.3 Å².